The molecule has 5 heteroatoms. The molecular formula is C21H31N3O2. The zero-order valence-corrected chi connectivity index (χ0v) is 15.8. The number of hydrogen-bond donors (Lipinski definition) is 2. The van der Waals surface area contributed by atoms with Crippen LogP contribution in [0.1, 0.15) is 74.6 Å². The van der Waals surface area contributed by atoms with E-state index in [-0.39, 0.29) is 18.0 Å². The maximum Gasteiger partial charge on any atom is 0.319 e. The van der Waals surface area contributed by atoms with Crippen molar-refractivity contribution in [3.8, 4) is 0 Å². The standard InChI is InChI=1S/C21H31N3O2/c1-24(17-12-6-3-7-13-17)20(25)18-14-8-9-15-19(18)23-21(26)22-16-10-4-2-5-11-16/h8-9,14-17H,2-7,10-13H2,1H3,(H2,22,23,26). The number of nitrogens with zero attached hydrogens (tertiary/aromatic N) is 1. The maximum absolute atomic E-state index is 13.0. The van der Waals surface area contributed by atoms with E-state index in [4.69, 9.17) is 0 Å². The molecule has 0 heterocycles. The van der Waals surface area contributed by atoms with Crippen molar-refractivity contribution in [2.75, 3.05) is 12.4 Å². The lowest BCUT2D eigenvalue weighted by molar-refractivity contribution is 0.0697. The molecule has 3 rings (SSSR count). The van der Waals surface area contributed by atoms with E-state index in [1.165, 1.54) is 38.5 Å². The third-order valence-electron chi connectivity index (χ3n) is 5.79. The van der Waals surface area contributed by atoms with Crippen LogP contribution in [0, 0.1) is 0 Å². The lowest BCUT2D eigenvalue weighted by atomic mass is 9.94. The lowest BCUT2D eigenvalue weighted by Crippen LogP contribution is -2.40. The van der Waals surface area contributed by atoms with E-state index in [1.807, 2.05) is 30.1 Å². The van der Waals surface area contributed by atoms with Crippen LogP contribution in [-0.2, 0) is 0 Å². The molecule has 2 N–H and O–H groups in total. The molecule has 2 aliphatic rings. The molecule has 2 aliphatic carbocycles. The Bertz CT molecular complexity index is 619. The molecule has 2 saturated carbocycles. The molecule has 0 bridgehead atoms. The Kier molecular flexibility index (Phi) is 6.53. The first-order valence-corrected chi connectivity index (χ1v) is 10.1. The van der Waals surface area contributed by atoms with Crippen LogP contribution in [0.3, 0.4) is 0 Å². The fraction of sp³-hybridized carbons (Fsp3) is 0.619. The minimum absolute atomic E-state index is 0.00883. The molecule has 0 aliphatic heterocycles. The fourth-order valence-corrected chi connectivity index (χ4v) is 4.19. The second kappa shape index (κ2) is 9.06. The molecule has 0 aromatic heterocycles. The van der Waals surface area contributed by atoms with Gasteiger partial charge in [0.1, 0.15) is 0 Å². The van der Waals surface area contributed by atoms with Crippen molar-refractivity contribution in [1.82, 2.24) is 10.2 Å². The average molecular weight is 357 g/mol. The van der Waals surface area contributed by atoms with Gasteiger partial charge in [0.25, 0.3) is 5.91 Å². The number of carbonyl (C=O) groups excluding carboxylic acids is 2. The van der Waals surface area contributed by atoms with Gasteiger partial charge in [0.2, 0.25) is 0 Å². The summed E-state index contributed by atoms with van der Waals surface area (Å²) >= 11 is 0. The number of rotatable bonds is 4. The Labute approximate surface area is 156 Å². The van der Waals surface area contributed by atoms with E-state index in [1.54, 1.807) is 6.07 Å². The normalized spacial score (nSPS) is 19.0. The van der Waals surface area contributed by atoms with E-state index in [2.05, 4.69) is 10.6 Å². The maximum atomic E-state index is 13.0. The van der Waals surface area contributed by atoms with Crippen LogP contribution in [0.4, 0.5) is 10.5 Å². The van der Waals surface area contributed by atoms with Crippen molar-refractivity contribution in [3.63, 3.8) is 0 Å². The van der Waals surface area contributed by atoms with E-state index in [0.717, 1.165) is 25.7 Å². The van der Waals surface area contributed by atoms with Crippen molar-refractivity contribution in [3.05, 3.63) is 29.8 Å². The van der Waals surface area contributed by atoms with Crippen molar-refractivity contribution >= 4 is 17.6 Å². The van der Waals surface area contributed by atoms with Crippen LogP contribution >= 0.6 is 0 Å². The Morgan fingerprint density at radius 1 is 0.923 bits per heavy atom. The molecule has 2 fully saturated rings. The van der Waals surface area contributed by atoms with E-state index >= 15 is 0 Å². The summed E-state index contributed by atoms with van der Waals surface area (Å²) in [4.78, 5) is 27.2. The second-order valence-electron chi connectivity index (χ2n) is 7.69. The number of nitrogens with one attached hydrogen (secondary N) is 2. The van der Waals surface area contributed by atoms with E-state index in [0.29, 0.717) is 17.3 Å². The van der Waals surface area contributed by atoms with Gasteiger partial charge in [0.15, 0.2) is 0 Å². The Morgan fingerprint density at radius 3 is 2.23 bits per heavy atom. The monoisotopic (exact) mass is 357 g/mol. The van der Waals surface area contributed by atoms with Crippen LogP contribution < -0.4 is 10.6 Å². The van der Waals surface area contributed by atoms with Gasteiger partial charge in [-0.15, -0.1) is 0 Å². The number of carbonyl (C=O) groups is 2. The fourth-order valence-electron chi connectivity index (χ4n) is 4.19. The summed E-state index contributed by atoms with van der Waals surface area (Å²) < 4.78 is 0. The van der Waals surface area contributed by atoms with Crippen LogP contribution in [0.25, 0.3) is 0 Å². The molecule has 0 atom stereocenters. The third-order valence-corrected chi connectivity index (χ3v) is 5.79. The molecule has 0 radical (unpaired) electrons. The molecule has 26 heavy (non-hydrogen) atoms. The smallest absolute Gasteiger partial charge is 0.319 e. The first kappa shape index (κ1) is 18.7. The minimum Gasteiger partial charge on any atom is -0.339 e. The highest BCUT2D eigenvalue weighted by molar-refractivity contribution is 6.03. The van der Waals surface area contributed by atoms with Crippen LogP contribution in [0.2, 0.25) is 0 Å². The quantitative estimate of drug-likeness (QED) is 0.831. The lowest BCUT2D eigenvalue weighted by Gasteiger charge is -2.31. The number of hydrogen-bond acceptors (Lipinski definition) is 2. The predicted molar refractivity (Wildman–Crippen MR) is 104 cm³/mol. The van der Waals surface area contributed by atoms with Gasteiger partial charge >= 0.3 is 6.03 Å². The summed E-state index contributed by atoms with van der Waals surface area (Å²) in [6.45, 7) is 0. The van der Waals surface area contributed by atoms with Crippen molar-refractivity contribution in [2.24, 2.45) is 0 Å². The number of para-hydroxylation sites is 1. The molecule has 0 unspecified atom stereocenters. The third kappa shape index (κ3) is 4.77. The highest BCUT2D eigenvalue weighted by atomic mass is 16.2. The largest absolute Gasteiger partial charge is 0.339 e. The van der Waals surface area contributed by atoms with Crippen molar-refractivity contribution < 1.29 is 9.59 Å². The highest BCUT2D eigenvalue weighted by Gasteiger charge is 2.25. The minimum atomic E-state index is -0.211. The number of anilines is 1. The number of urea groups is 1. The molecule has 1 aromatic carbocycles. The van der Waals surface area contributed by atoms with Gasteiger partial charge in [0.05, 0.1) is 11.3 Å². The number of benzene rings is 1. The van der Waals surface area contributed by atoms with Crippen molar-refractivity contribution in [1.29, 1.82) is 0 Å². The Morgan fingerprint density at radius 2 is 1.54 bits per heavy atom. The summed E-state index contributed by atoms with van der Waals surface area (Å²) in [6, 6.07) is 7.66. The van der Waals surface area contributed by atoms with Crippen LogP contribution in [-0.4, -0.2) is 36.0 Å². The Balaban J connectivity index is 1.64. The van der Waals surface area contributed by atoms with Gasteiger partial charge in [0, 0.05) is 19.1 Å². The summed E-state index contributed by atoms with van der Waals surface area (Å²) in [5, 5.41) is 5.95. The van der Waals surface area contributed by atoms with Gasteiger partial charge in [-0.05, 0) is 37.8 Å². The summed E-state index contributed by atoms with van der Waals surface area (Å²) in [6.07, 6.45) is 11.5. The van der Waals surface area contributed by atoms with Gasteiger partial charge in [-0.2, -0.15) is 0 Å². The summed E-state index contributed by atoms with van der Waals surface area (Å²) in [5.74, 6) is -0.00883. The number of amides is 3. The van der Waals surface area contributed by atoms with Gasteiger partial charge in [-0.25, -0.2) is 4.79 Å². The Hall–Kier alpha value is -2.04. The molecule has 5 nitrogen and oxygen atoms in total. The molecular weight excluding hydrogens is 326 g/mol. The summed E-state index contributed by atoms with van der Waals surface area (Å²) in [7, 11) is 1.89. The summed E-state index contributed by atoms with van der Waals surface area (Å²) in [5.41, 5.74) is 1.16. The van der Waals surface area contributed by atoms with E-state index < -0.39 is 0 Å². The van der Waals surface area contributed by atoms with E-state index in [9.17, 15) is 9.59 Å². The van der Waals surface area contributed by atoms with Gasteiger partial charge in [-0.3, -0.25) is 4.79 Å². The molecule has 1 aromatic rings. The van der Waals surface area contributed by atoms with Gasteiger partial charge < -0.3 is 15.5 Å². The van der Waals surface area contributed by atoms with Gasteiger partial charge in [-0.1, -0.05) is 50.7 Å². The average Bonchev–Trinajstić information content (AvgIpc) is 2.68. The zero-order valence-electron chi connectivity index (χ0n) is 15.8. The van der Waals surface area contributed by atoms with Crippen LogP contribution in [0.15, 0.2) is 24.3 Å². The molecule has 142 valence electrons. The molecule has 3 amide bonds. The SMILES string of the molecule is CN(C(=O)c1ccccc1NC(=O)NC1CCCCC1)C1CCCCC1. The topological polar surface area (TPSA) is 61.4 Å². The second-order valence-corrected chi connectivity index (χ2v) is 7.69. The van der Waals surface area contributed by atoms with Crippen molar-refractivity contribution in [2.45, 2.75) is 76.3 Å². The van der Waals surface area contributed by atoms with Crippen LogP contribution in [0.5, 0.6) is 0 Å². The predicted octanol–water partition coefficient (Wildman–Crippen LogP) is 4.55. The molecule has 0 saturated heterocycles. The highest BCUT2D eigenvalue weighted by Crippen LogP contribution is 2.25. The molecule has 0 spiro atoms. The zero-order chi connectivity index (χ0) is 18.4. The first-order valence-electron chi connectivity index (χ1n) is 10.1. The first-order chi connectivity index (χ1) is 12.6.